The van der Waals surface area contributed by atoms with Gasteiger partial charge in [0, 0.05) is 11.3 Å². The van der Waals surface area contributed by atoms with Crippen molar-refractivity contribution in [1.82, 2.24) is 15.3 Å². The standard InChI is InChI=1S/C16H19N3O/c1-11-8-14(19-16(18-11)10-17-2)12-5-6-15-13(9-12)4-3-7-20-15/h5-6,8-9,17H,3-4,7,10H2,1-2H3. The Morgan fingerprint density at radius 2 is 2.15 bits per heavy atom. The highest BCUT2D eigenvalue weighted by molar-refractivity contribution is 5.62. The van der Waals surface area contributed by atoms with Crippen LogP contribution in [0.2, 0.25) is 0 Å². The molecule has 0 saturated heterocycles. The van der Waals surface area contributed by atoms with Gasteiger partial charge in [0.1, 0.15) is 11.6 Å². The van der Waals surface area contributed by atoms with E-state index in [2.05, 4.69) is 33.5 Å². The van der Waals surface area contributed by atoms with Crippen molar-refractivity contribution in [2.45, 2.75) is 26.3 Å². The lowest BCUT2D eigenvalue weighted by molar-refractivity contribution is 0.288. The molecule has 0 unspecified atom stereocenters. The molecule has 0 spiro atoms. The van der Waals surface area contributed by atoms with E-state index in [1.54, 1.807) is 0 Å². The Balaban J connectivity index is 1.99. The van der Waals surface area contributed by atoms with Crippen LogP contribution < -0.4 is 10.1 Å². The molecule has 0 amide bonds. The lowest BCUT2D eigenvalue weighted by atomic mass is 10.0. The maximum absolute atomic E-state index is 5.66. The average Bonchev–Trinajstić information content (AvgIpc) is 2.46. The molecule has 0 saturated carbocycles. The fraction of sp³-hybridized carbons (Fsp3) is 0.375. The second-order valence-corrected chi connectivity index (χ2v) is 5.12. The summed E-state index contributed by atoms with van der Waals surface area (Å²) in [6.45, 7) is 3.51. The molecule has 0 atom stereocenters. The van der Waals surface area contributed by atoms with Gasteiger partial charge >= 0.3 is 0 Å². The molecular formula is C16H19N3O. The lowest BCUT2D eigenvalue weighted by Gasteiger charge is -2.18. The van der Waals surface area contributed by atoms with Crippen molar-refractivity contribution in [2.75, 3.05) is 13.7 Å². The van der Waals surface area contributed by atoms with Gasteiger partial charge in [0.2, 0.25) is 0 Å². The molecule has 0 fully saturated rings. The molecule has 0 bridgehead atoms. The fourth-order valence-corrected chi connectivity index (χ4v) is 2.53. The van der Waals surface area contributed by atoms with Crippen LogP contribution >= 0.6 is 0 Å². The Hall–Kier alpha value is -1.94. The minimum atomic E-state index is 0.683. The zero-order valence-corrected chi connectivity index (χ0v) is 11.9. The van der Waals surface area contributed by atoms with Gasteiger partial charge in [-0.2, -0.15) is 0 Å². The summed E-state index contributed by atoms with van der Waals surface area (Å²) in [6.07, 6.45) is 2.17. The number of nitrogens with one attached hydrogen (secondary N) is 1. The van der Waals surface area contributed by atoms with Crippen molar-refractivity contribution in [3.8, 4) is 17.0 Å². The number of rotatable bonds is 3. The van der Waals surface area contributed by atoms with Crippen LogP contribution in [0.25, 0.3) is 11.3 Å². The minimum Gasteiger partial charge on any atom is -0.493 e. The molecule has 20 heavy (non-hydrogen) atoms. The molecule has 3 rings (SSSR count). The van der Waals surface area contributed by atoms with E-state index in [1.165, 1.54) is 5.56 Å². The molecule has 4 heteroatoms. The zero-order chi connectivity index (χ0) is 13.9. The molecule has 1 aliphatic heterocycles. The van der Waals surface area contributed by atoms with Gasteiger partial charge in [-0.1, -0.05) is 0 Å². The van der Waals surface area contributed by atoms with Crippen LogP contribution in [0.5, 0.6) is 5.75 Å². The number of benzene rings is 1. The summed E-state index contributed by atoms with van der Waals surface area (Å²) >= 11 is 0. The topological polar surface area (TPSA) is 47.0 Å². The van der Waals surface area contributed by atoms with Crippen LogP contribution in [0, 0.1) is 6.92 Å². The smallest absolute Gasteiger partial charge is 0.143 e. The molecule has 1 aromatic heterocycles. The highest BCUT2D eigenvalue weighted by atomic mass is 16.5. The summed E-state index contributed by atoms with van der Waals surface area (Å²) in [7, 11) is 1.90. The van der Waals surface area contributed by atoms with Crippen molar-refractivity contribution in [3.05, 3.63) is 41.3 Å². The first-order valence-electron chi connectivity index (χ1n) is 7.01. The molecule has 1 aliphatic rings. The van der Waals surface area contributed by atoms with Gasteiger partial charge in [-0.15, -0.1) is 0 Å². The van der Waals surface area contributed by atoms with Crippen LogP contribution in [-0.4, -0.2) is 23.6 Å². The van der Waals surface area contributed by atoms with E-state index in [4.69, 9.17) is 4.74 Å². The van der Waals surface area contributed by atoms with Crippen molar-refractivity contribution in [2.24, 2.45) is 0 Å². The fourth-order valence-electron chi connectivity index (χ4n) is 2.53. The minimum absolute atomic E-state index is 0.683. The van der Waals surface area contributed by atoms with Gasteiger partial charge in [0.25, 0.3) is 0 Å². The molecule has 4 nitrogen and oxygen atoms in total. The van der Waals surface area contributed by atoms with Crippen molar-refractivity contribution < 1.29 is 4.74 Å². The number of fused-ring (bicyclic) bond motifs is 1. The lowest BCUT2D eigenvalue weighted by Crippen LogP contribution is -2.10. The third-order valence-electron chi connectivity index (χ3n) is 3.44. The molecule has 0 aliphatic carbocycles. The Kier molecular flexibility index (Phi) is 3.65. The van der Waals surface area contributed by atoms with Gasteiger partial charge in [-0.25, -0.2) is 9.97 Å². The summed E-state index contributed by atoms with van der Waals surface area (Å²) in [5.74, 6) is 1.85. The number of hydrogen-bond acceptors (Lipinski definition) is 4. The van der Waals surface area contributed by atoms with E-state index >= 15 is 0 Å². The van der Waals surface area contributed by atoms with Crippen LogP contribution in [0.15, 0.2) is 24.3 Å². The second kappa shape index (κ2) is 5.59. The van der Waals surface area contributed by atoms with Crippen molar-refractivity contribution >= 4 is 0 Å². The number of ether oxygens (including phenoxy) is 1. The molecule has 2 heterocycles. The molecule has 1 N–H and O–H groups in total. The van der Waals surface area contributed by atoms with E-state index in [9.17, 15) is 0 Å². The highest BCUT2D eigenvalue weighted by Gasteiger charge is 2.12. The zero-order valence-electron chi connectivity index (χ0n) is 11.9. The first kappa shape index (κ1) is 13.1. The largest absolute Gasteiger partial charge is 0.493 e. The van der Waals surface area contributed by atoms with Crippen molar-refractivity contribution in [3.63, 3.8) is 0 Å². The predicted molar refractivity (Wildman–Crippen MR) is 78.8 cm³/mol. The third kappa shape index (κ3) is 2.65. The van der Waals surface area contributed by atoms with E-state index in [-0.39, 0.29) is 0 Å². The first-order valence-corrected chi connectivity index (χ1v) is 7.01. The number of aryl methyl sites for hydroxylation is 2. The first-order chi connectivity index (χ1) is 9.76. The summed E-state index contributed by atoms with van der Waals surface area (Å²) in [5.41, 5.74) is 4.39. The molecule has 2 aromatic rings. The van der Waals surface area contributed by atoms with E-state index < -0.39 is 0 Å². The van der Waals surface area contributed by atoms with Crippen LogP contribution in [0.1, 0.15) is 23.5 Å². The van der Waals surface area contributed by atoms with Crippen LogP contribution in [0.4, 0.5) is 0 Å². The summed E-state index contributed by atoms with van der Waals surface area (Å²) in [5, 5.41) is 3.09. The maximum Gasteiger partial charge on any atom is 0.143 e. The van der Waals surface area contributed by atoms with Crippen LogP contribution in [-0.2, 0) is 13.0 Å². The number of aromatic nitrogens is 2. The monoisotopic (exact) mass is 269 g/mol. The van der Waals surface area contributed by atoms with Gasteiger partial charge in [-0.05, 0) is 56.6 Å². The van der Waals surface area contributed by atoms with Gasteiger partial charge in [-0.3, -0.25) is 0 Å². The van der Waals surface area contributed by atoms with Crippen LogP contribution in [0.3, 0.4) is 0 Å². The van der Waals surface area contributed by atoms with Gasteiger partial charge in [0.15, 0.2) is 0 Å². The third-order valence-corrected chi connectivity index (χ3v) is 3.44. The summed E-state index contributed by atoms with van der Waals surface area (Å²) in [6, 6.07) is 8.36. The normalized spacial score (nSPS) is 13.7. The van der Waals surface area contributed by atoms with E-state index in [1.807, 2.05) is 20.0 Å². The van der Waals surface area contributed by atoms with Gasteiger partial charge < -0.3 is 10.1 Å². The van der Waals surface area contributed by atoms with Gasteiger partial charge in [0.05, 0.1) is 18.8 Å². The Bertz CT molecular complexity index is 625. The average molecular weight is 269 g/mol. The summed E-state index contributed by atoms with van der Waals surface area (Å²) in [4.78, 5) is 9.07. The molecule has 104 valence electrons. The van der Waals surface area contributed by atoms with Crippen molar-refractivity contribution in [1.29, 1.82) is 0 Å². The molecule has 0 radical (unpaired) electrons. The SMILES string of the molecule is CNCc1nc(C)cc(-c2ccc3c(c2)CCCO3)n1. The highest BCUT2D eigenvalue weighted by Crippen LogP contribution is 2.29. The molecular weight excluding hydrogens is 250 g/mol. The summed E-state index contributed by atoms with van der Waals surface area (Å²) < 4.78 is 5.66. The Labute approximate surface area is 119 Å². The quantitative estimate of drug-likeness (QED) is 0.930. The Morgan fingerprint density at radius 1 is 1.25 bits per heavy atom. The van der Waals surface area contributed by atoms with E-state index in [0.717, 1.165) is 48.0 Å². The second-order valence-electron chi connectivity index (χ2n) is 5.12. The van der Waals surface area contributed by atoms with E-state index in [0.29, 0.717) is 6.54 Å². The number of hydrogen-bond donors (Lipinski definition) is 1. The predicted octanol–water partition coefficient (Wildman–Crippen LogP) is 2.50. The maximum atomic E-state index is 5.66. The Morgan fingerprint density at radius 3 is 3.00 bits per heavy atom. The number of nitrogens with zero attached hydrogens (tertiary/aromatic N) is 2. The molecule has 1 aromatic carbocycles.